The Morgan fingerprint density at radius 3 is 2.50 bits per heavy atom. The monoisotopic (exact) mass is 348 g/mol. The second-order valence-corrected chi connectivity index (χ2v) is 7.10. The molecule has 0 aromatic rings. The molecule has 0 aliphatic carbocycles. The summed E-state index contributed by atoms with van der Waals surface area (Å²) in [5, 5.41) is 2.83. The molecule has 3 amide bonds. The topological polar surface area (TPSA) is 55.9 Å². The van der Waals surface area contributed by atoms with Gasteiger partial charge in [0.25, 0.3) is 0 Å². The Morgan fingerprint density at radius 2 is 1.96 bits per heavy atom. The molecule has 3 rings (SSSR count). The van der Waals surface area contributed by atoms with Crippen molar-refractivity contribution in [1.82, 2.24) is 20.0 Å². The van der Waals surface area contributed by atoms with Crippen LogP contribution in [0.15, 0.2) is 0 Å². The Balaban J connectivity index is 1.52. The van der Waals surface area contributed by atoms with Gasteiger partial charge in [-0.25, -0.2) is 4.79 Å². The fourth-order valence-corrected chi connectivity index (χ4v) is 4.04. The van der Waals surface area contributed by atoms with Gasteiger partial charge in [-0.3, -0.25) is 9.69 Å². The normalized spacial score (nSPS) is 27.8. The van der Waals surface area contributed by atoms with E-state index in [1.807, 2.05) is 0 Å². The number of urea groups is 1. The van der Waals surface area contributed by atoms with Gasteiger partial charge in [0.05, 0.1) is 18.0 Å². The summed E-state index contributed by atoms with van der Waals surface area (Å²) in [5.74, 6) is -0.392. The zero-order valence-electron chi connectivity index (χ0n) is 13.7. The Hall–Kier alpha value is -1.51. The minimum Gasteiger partial charge on any atom is -0.342 e. The summed E-state index contributed by atoms with van der Waals surface area (Å²) in [5.41, 5.74) is -0.230. The molecule has 6 nitrogen and oxygen atoms in total. The number of hydrogen-bond acceptors (Lipinski definition) is 3. The fourth-order valence-electron chi connectivity index (χ4n) is 4.04. The van der Waals surface area contributed by atoms with Crippen molar-refractivity contribution in [3.63, 3.8) is 0 Å². The van der Waals surface area contributed by atoms with Crippen LogP contribution >= 0.6 is 0 Å². The molecule has 0 radical (unpaired) electrons. The van der Waals surface area contributed by atoms with Crippen molar-refractivity contribution in [2.24, 2.45) is 5.92 Å². The predicted molar refractivity (Wildman–Crippen MR) is 80.3 cm³/mol. The van der Waals surface area contributed by atoms with Crippen LogP contribution in [0.3, 0.4) is 0 Å². The first-order valence-electron chi connectivity index (χ1n) is 8.30. The quantitative estimate of drug-likeness (QED) is 0.806. The van der Waals surface area contributed by atoms with Crippen LogP contribution in [0, 0.1) is 5.92 Å². The molecule has 1 spiro atoms. The number of piperidine rings is 1. The smallest absolute Gasteiger partial charge is 0.342 e. The highest BCUT2D eigenvalue weighted by Gasteiger charge is 2.46. The maximum atomic E-state index is 12.6. The van der Waals surface area contributed by atoms with E-state index < -0.39 is 12.7 Å². The maximum Gasteiger partial charge on any atom is 0.401 e. The first kappa shape index (κ1) is 17.3. The number of likely N-dealkylation sites (N-methyl/N-ethyl adjacent to an activating group) is 1. The Bertz CT molecular complexity index is 517. The molecule has 3 heterocycles. The van der Waals surface area contributed by atoms with E-state index in [1.54, 1.807) is 16.8 Å². The summed E-state index contributed by atoms with van der Waals surface area (Å²) in [6.45, 7) is 1.24. The van der Waals surface area contributed by atoms with Gasteiger partial charge < -0.3 is 15.1 Å². The van der Waals surface area contributed by atoms with E-state index in [9.17, 15) is 22.8 Å². The number of amides is 3. The first-order chi connectivity index (χ1) is 11.2. The van der Waals surface area contributed by atoms with Crippen molar-refractivity contribution in [3.8, 4) is 0 Å². The minimum absolute atomic E-state index is 0.0468. The summed E-state index contributed by atoms with van der Waals surface area (Å²) in [4.78, 5) is 29.0. The van der Waals surface area contributed by atoms with Gasteiger partial charge in [0.2, 0.25) is 5.91 Å². The number of likely N-dealkylation sites (tertiary alicyclic amines) is 2. The van der Waals surface area contributed by atoms with Crippen LogP contribution in [-0.4, -0.2) is 84.7 Å². The third-order valence-electron chi connectivity index (χ3n) is 5.62. The number of nitrogens with one attached hydrogen (secondary N) is 1. The van der Waals surface area contributed by atoms with Crippen LogP contribution in [0.4, 0.5) is 18.0 Å². The average Bonchev–Trinajstić information content (AvgIpc) is 3.07. The largest absolute Gasteiger partial charge is 0.401 e. The number of nitrogens with zero attached hydrogens (tertiary/aromatic N) is 3. The minimum atomic E-state index is -4.22. The summed E-state index contributed by atoms with van der Waals surface area (Å²) in [7, 11) is 1.77. The average molecular weight is 348 g/mol. The zero-order chi connectivity index (χ0) is 17.5. The van der Waals surface area contributed by atoms with Gasteiger partial charge in [0, 0.05) is 33.2 Å². The van der Waals surface area contributed by atoms with Crippen molar-refractivity contribution in [1.29, 1.82) is 0 Å². The van der Waals surface area contributed by atoms with Crippen molar-refractivity contribution in [3.05, 3.63) is 0 Å². The third-order valence-corrected chi connectivity index (χ3v) is 5.62. The van der Waals surface area contributed by atoms with Crippen molar-refractivity contribution in [2.45, 2.75) is 31.0 Å². The van der Waals surface area contributed by atoms with Gasteiger partial charge in [0.15, 0.2) is 0 Å². The van der Waals surface area contributed by atoms with Crippen molar-refractivity contribution < 1.29 is 22.8 Å². The molecule has 3 fully saturated rings. The lowest BCUT2D eigenvalue weighted by Crippen LogP contribution is -2.55. The molecule has 0 aromatic heterocycles. The number of carbonyl (C=O) groups excluding carboxylic acids is 2. The third kappa shape index (κ3) is 3.31. The Kier molecular flexibility index (Phi) is 4.39. The molecule has 3 aliphatic rings. The van der Waals surface area contributed by atoms with Crippen LogP contribution in [-0.2, 0) is 4.79 Å². The van der Waals surface area contributed by atoms with Crippen LogP contribution in [0.2, 0.25) is 0 Å². The lowest BCUT2D eigenvalue weighted by atomic mass is 9.86. The molecule has 9 heteroatoms. The second-order valence-electron chi connectivity index (χ2n) is 7.10. The number of halogens is 3. The van der Waals surface area contributed by atoms with Crippen LogP contribution < -0.4 is 5.32 Å². The van der Waals surface area contributed by atoms with E-state index in [4.69, 9.17) is 0 Å². The van der Waals surface area contributed by atoms with Crippen molar-refractivity contribution >= 4 is 11.9 Å². The number of hydrogen-bond donors (Lipinski definition) is 1. The summed E-state index contributed by atoms with van der Waals surface area (Å²) < 4.78 is 37.4. The molecule has 136 valence electrons. The highest BCUT2D eigenvalue weighted by molar-refractivity contribution is 5.80. The lowest BCUT2D eigenvalue weighted by Gasteiger charge is -2.42. The molecule has 1 atom stereocenters. The highest BCUT2D eigenvalue weighted by Crippen LogP contribution is 2.32. The highest BCUT2D eigenvalue weighted by atomic mass is 19.4. The maximum absolute atomic E-state index is 12.6. The molecule has 3 saturated heterocycles. The molecule has 3 aliphatic heterocycles. The number of rotatable bonds is 2. The van der Waals surface area contributed by atoms with E-state index >= 15 is 0 Å². The lowest BCUT2D eigenvalue weighted by molar-refractivity contribution is -0.146. The molecule has 1 N–H and O–H groups in total. The second kappa shape index (κ2) is 6.09. The molecule has 0 aromatic carbocycles. The fraction of sp³-hybridized carbons (Fsp3) is 0.867. The standard InChI is InChI=1S/C15H23F3N4O2/c1-20-13(24)19-9-14(20)3-6-22(7-4-14)12(23)11-2-5-21(8-11)10-15(16,17)18/h11H,2-10H2,1H3,(H,19,24). The Morgan fingerprint density at radius 1 is 1.29 bits per heavy atom. The van der Waals surface area contributed by atoms with Gasteiger partial charge in [-0.15, -0.1) is 0 Å². The first-order valence-corrected chi connectivity index (χ1v) is 8.30. The van der Waals surface area contributed by atoms with E-state index in [-0.39, 0.29) is 29.9 Å². The van der Waals surface area contributed by atoms with Crippen LogP contribution in [0.25, 0.3) is 0 Å². The number of alkyl halides is 3. The molecule has 0 bridgehead atoms. The zero-order valence-corrected chi connectivity index (χ0v) is 13.7. The van der Waals surface area contributed by atoms with Gasteiger partial charge in [0.1, 0.15) is 0 Å². The van der Waals surface area contributed by atoms with Crippen LogP contribution in [0.5, 0.6) is 0 Å². The SMILES string of the molecule is CN1C(=O)NCC12CCN(C(=O)C1CCN(CC(F)(F)F)C1)CC2. The van der Waals surface area contributed by atoms with E-state index in [0.29, 0.717) is 45.4 Å². The van der Waals surface area contributed by atoms with Crippen molar-refractivity contribution in [2.75, 3.05) is 46.3 Å². The predicted octanol–water partition coefficient (Wildman–Crippen LogP) is 0.887. The summed E-state index contributed by atoms with van der Waals surface area (Å²) in [6.07, 6.45) is -2.33. The van der Waals surface area contributed by atoms with Gasteiger partial charge in [-0.05, 0) is 25.8 Å². The van der Waals surface area contributed by atoms with E-state index in [1.165, 1.54) is 4.90 Å². The summed E-state index contributed by atoms with van der Waals surface area (Å²) in [6, 6.07) is -0.0895. The molecular weight excluding hydrogens is 325 g/mol. The van der Waals surface area contributed by atoms with Gasteiger partial charge >= 0.3 is 12.2 Å². The number of carbonyl (C=O) groups is 2. The van der Waals surface area contributed by atoms with Crippen LogP contribution in [0.1, 0.15) is 19.3 Å². The van der Waals surface area contributed by atoms with E-state index in [2.05, 4.69) is 5.32 Å². The molecular formula is C15H23F3N4O2. The van der Waals surface area contributed by atoms with Gasteiger partial charge in [-0.2, -0.15) is 13.2 Å². The molecule has 0 saturated carbocycles. The Labute approximate surface area is 138 Å². The molecule has 1 unspecified atom stereocenters. The van der Waals surface area contributed by atoms with E-state index in [0.717, 1.165) is 0 Å². The van der Waals surface area contributed by atoms with Gasteiger partial charge in [-0.1, -0.05) is 0 Å². The summed E-state index contributed by atoms with van der Waals surface area (Å²) >= 11 is 0. The molecule has 24 heavy (non-hydrogen) atoms.